The molecule has 366 valence electrons. The van der Waals surface area contributed by atoms with Crippen molar-refractivity contribution in [3.8, 4) is 0 Å². The van der Waals surface area contributed by atoms with E-state index in [2.05, 4.69) is 74.7 Å². The smallest absolute Gasteiger partial charge is 0.306 e. The number of amides is 1. The van der Waals surface area contributed by atoms with Gasteiger partial charge in [0.2, 0.25) is 5.91 Å². The molecule has 0 saturated carbocycles. The predicted octanol–water partition coefficient (Wildman–Crippen LogP) is 16.4. The first-order valence-electron chi connectivity index (χ1n) is 27.0. The van der Waals surface area contributed by atoms with Gasteiger partial charge in [0.1, 0.15) is 6.10 Å². The van der Waals surface area contributed by atoms with Gasteiger partial charge in [0.25, 0.3) is 0 Å². The van der Waals surface area contributed by atoms with Crippen LogP contribution in [0.4, 0.5) is 0 Å². The van der Waals surface area contributed by atoms with Gasteiger partial charge < -0.3 is 20.3 Å². The number of aliphatic hydroxyl groups excluding tert-OH is 2. The van der Waals surface area contributed by atoms with Crippen molar-refractivity contribution in [2.24, 2.45) is 0 Å². The van der Waals surface area contributed by atoms with Crippen molar-refractivity contribution < 1.29 is 24.5 Å². The molecule has 0 saturated heterocycles. The second kappa shape index (κ2) is 50.6. The minimum Gasteiger partial charge on any atom is -0.458 e. The highest BCUT2D eigenvalue weighted by Crippen LogP contribution is 2.17. The number of rotatable bonds is 48. The average Bonchev–Trinajstić information content (AvgIpc) is 3.28. The maximum atomic E-state index is 13.2. The van der Waals surface area contributed by atoms with Crippen LogP contribution in [0, 0.1) is 0 Å². The minimum absolute atomic E-state index is 0.0442. The van der Waals surface area contributed by atoms with Crippen molar-refractivity contribution in [1.29, 1.82) is 0 Å². The highest BCUT2D eigenvalue weighted by molar-refractivity contribution is 5.78. The Labute approximate surface area is 390 Å². The summed E-state index contributed by atoms with van der Waals surface area (Å²) in [4.78, 5) is 26.1. The van der Waals surface area contributed by atoms with Gasteiger partial charge in [-0.3, -0.25) is 9.59 Å². The number of carbonyl (C=O) groups is 2. The fourth-order valence-corrected chi connectivity index (χ4v) is 8.04. The summed E-state index contributed by atoms with van der Waals surface area (Å²) in [5, 5.41) is 23.8. The van der Waals surface area contributed by atoms with Gasteiger partial charge in [-0.15, -0.1) is 0 Å². The molecule has 6 nitrogen and oxygen atoms in total. The highest BCUT2D eigenvalue weighted by Gasteiger charge is 2.23. The van der Waals surface area contributed by atoms with Gasteiger partial charge in [-0.2, -0.15) is 0 Å². The third kappa shape index (κ3) is 45.9. The molecule has 1 amide bonds. The number of carbonyl (C=O) groups excluding carboxylic acids is 2. The molecular formula is C57H103NO5. The Balaban J connectivity index is 4.65. The zero-order chi connectivity index (χ0) is 45.9. The molecule has 0 rings (SSSR count). The van der Waals surface area contributed by atoms with Crippen LogP contribution in [0.1, 0.15) is 265 Å². The summed E-state index contributed by atoms with van der Waals surface area (Å²) in [7, 11) is 0. The van der Waals surface area contributed by atoms with E-state index in [1.54, 1.807) is 0 Å². The number of unbranched alkanes of at least 4 members (excludes halogenated alkanes) is 28. The topological polar surface area (TPSA) is 95.9 Å². The molecule has 0 aliphatic heterocycles. The number of ether oxygens (including phenoxy) is 1. The zero-order valence-corrected chi connectivity index (χ0v) is 41.7. The van der Waals surface area contributed by atoms with E-state index in [1.807, 2.05) is 12.2 Å². The van der Waals surface area contributed by atoms with Crippen molar-refractivity contribution in [3.05, 3.63) is 60.8 Å². The molecule has 6 heteroatoms. The van der Waals surface area contributed by atoms with Crippen molar-refractivity contribution >= 4 is 11.9 Å². The van der Waals surface area contributed by atoms with E-state index in [-0.39, 0.29) is 24.9 Å². The number of esters is 1. The van der Waals surface area contributed by atoms with Crippen LogP contribution in [0.3, 0.4) is 0 Å². The van der Waals surface area contributed by atoms with Gasteiger partial charge in [0.15, 0.2) is 0 Å². The normalized spacial score (nSPS) is 13.7. The van der Waals surface area contributed by atoms with Crippen molar-refractivity contribution in [2.75, 3.05) is 6.61 Å². The van der Waals surface area contributed by atoms with Gasteiger partial charge in [-0.05, 0) is 51.0 Å². The number of aliphatic hydroxyl groups is 2. The number of hydrogen-bond donors (Lipinski definition) is 3. The molecule has 0 fully saturated rings. The number of hydrogen-bond acceptors (Lipinski definition) is 5. The summed E-state index contributed by atoms with van der Waals surface area (Å²) in [6, 6.07) is -0.742. The Morgan fingerprint density at radius 1 is 0.476 bits per heavy atom. The van der Waals surface area contributed by atoms with Gasteiger partial charge >= 0.3 is 5.97 Å². The Hall–Kier alpha value is -2.44. The van der Waals surface area contributed by atoms with E-state index in [0.29, 0.717) is 19.3 Å². The first-order valence-corrected chi connectivity index (χ1v) is 27.0. The van der Waals surface area contributed by atoms with Crippen LogP contribution in [0.25, 0.3) is 0 Å². The lowest BCUT2D eigenvalue weighted by molar-refractivity contribution is -0.148. The highest BCUT2D eigenvalue weighted by atomic mass is 16.5. The van der Waals surface area contributed by atoms with Crippen LogP contribution in [0.15, 0.2) is 60.8 Å². The van der Waals surface area contributed by atoms with Gasteiger partial charge in [0.05, 0.1) is 25.2 Å². The van der Waals surface area contributed by atoms with E-state index < -0.39 is 18.2 Å². The molecular weight excluding hydrogens is 779 g/mol. The molecule has 63 heavy (non-hydrogen) atoms. The van der Waals surface area contributed by atoms with E-state index in [1.165, 1.54) is 154 Å². The van der Waals surface area contributed by atoms with Crippen LogP contribution in [-0.2, 0) is 14.3 Å². The maximum absolute atomic E-state index is 13.2. The Bertz CT molecular complexity index is 1130. The van der Waals surface area contributed by atoms with E-state index >= 15 is 0 Å². The summed E-state index contributed by atoms with van der Waals surface area (Å²) in [6.07, 6.45) is 63.1. The molecule has 0 spiro atoms. The molecule has 0 aromatic rings. The lowest BCUT2D eigenvalue weighted by atomic mass is 10.0. The molecule has 0 heterocycles. The molecule has 0 bridgehead atoms. The summed E-state index contributed by atoms with van der Waals surface area (Å²) < 4.78 is 5.83. The lowest BCUT2D eigenvalue weighted by Gasteiger charge is -2.23. The first kappa shape index (κ1) is 60.6. The number of nitrogens with one attached hydrogen (secondary N) is 1. The first-order chi connectivity index (χ1) is 31.0. The maximum Gasteiger partial charge on any atom is 0.306 e. The largest absolute Gasteiger partial charge is 0.458 e. The molecule has 0 radical (unpaired) electrons. The van der Waals surface area contributed by atoms with E-state index in [4.69, 9.17) is 4.74 Å². The molecule has 3 atom stereocenters. The Morgan fingerprint density at radius 2 is 0.825 bits per heavy atom. The van der Waals surface area contributed by atoms with Gasteiger partial charge in [0, 0.05) is 6.42 Å². The van der Waals surface area contributed by atoms with Crippen LogP contribution in [0.5, 0.6) is 0 Å². The molecule has 3 unspecified atom stereocenters. The van der Waals surface area contributed by atoms with Crippen molar-refractivity contribution in [3.63, 3.8) is 0 Å². The molecule has 3 N–H and O–H groups in total. The summed E-state index contributed by atoms with van der Waals surface area (Å²) >= 11 is 0. The van der Waals surface area contributed by atoms with Crippen LogP contribution in [-0.4, -0.2) is 46.9 Å². The van der Waals surface area contributed by atoms with Crippen molar-refractivity contribution in [2.45, 2.75) is 283 Å². The summed E-state index contributed by atoms with van der Waals surface area (Å²) in [5.41, 5.74) is 0. The quantitative estimate of drug-likeness (QED) is 0.0321. The van der Waals surface area contributed by atoms with Crippen LogP contribution < -0.4 is 5.32 Å². The predicted molar refractivity (Wildman–Crippen MR) is 273 cm³/mol. The molecule has 0 aromatic carbocycles. The number of allylic oxidation sites excluding steroid dienone is 9. The Morgan fingerprint density at radius 3 is 1.21 bits per heavy atom. The standard InChI is InChI=1S/C57H103NO5/c1-4-7-10-13-16-19-22-25-28-29-31-34-37-40-43-46-49-55(60)54(52-59)58-56(61)51-53(48-45-42-39-36-33-30-26-23-20-17-14-11-8-5-2)63-57(62)50-47-44-41-38-35-32-27-24-21-18-15-12-9-6-3/h8,11,17,20,26,30,36,39,45,48,53-55,59-60H,4-7,9-10,12-16,18-19,21-25,27-29,31-35,37-38,40-44,46-47,49-52H2,1-3H3,(H,58,61)/b11-8+,20-17+,30-26+,39-36+,48-45+. The monoisotopic (exact) mass is 882 g/mol. The summed E-state index contributed by atoms with van der Waals surface area (Å²) in [6.45, 7) is 6.35. The summed E-state index contributed by atoms with van der Waals surface area (Å²) in [5.74, 6) is -0.620. The van der Waals surface area contributed by atoms with Crippen LogP contribution >= 0.6 is 0 Å². The van der Waals surface area contributed by atoms with E-state index in [9.17, 15) is 19.8 Å². The van der Waals surface area contributed by atoms with Crippen molar-refractivity contribution in [1.82, 2.24) is 5.32 Å². The zero-order valence-electron chi connectivity index (χ0n) is 41.7. The second-order valence-corrected chi connectivity index (χ2v) is 18.3. The second-order valence-electron chi connectivity index (χ2n) is 18.3. The molecule has 0 aliphatic rings. The lowest BCUT2D eigenvalue weighted by Crippen LogP contribution is -2.46. The third-order valence-corrected chi connectivity index (χ3v) is 12.1. The van der Waals surface area contributed by atoms with E-state index in [0.717, 1.165) is 64.2 Å². The Kier molecular flexibility index (Phi) is 48.6. The fourth-order valence-electron chi connectivity index (χ4n) is 8.04. The van der Waals surface area contributed by atoms with Crippen LogP contribution in [0.2, 0.25) is 0 Å². The SMILES string of the molecule is CC/C=C/C/C=C/C/C=C/C/C=C/C/C=C/C(CC(=O)NC(CO)C(O)CCCCCCCCCCCCCCCCCC)OC(=O)CCCCCCCCCCCCCCCC. The third-order valence-electron chi connectivity index (χ3n) is 12.1. The molecule has 0 aromatic heterocycles. The average molecular weight is 882 g/mol. The van der Waals surface area contributed by atoms with Gasteiger partial charge in [-0.1, -0.05) is 262 Å². The fraction of sp³-hybridized carbons (Fsp3) is 0.789. The molecule has 0 aliphatic carbocycles. The van der Waals surface area contributed by atoms with Gasteiger partial charge in [-0.25, -0.2) is 0 Å². The minimum atomic E-state index is -0.819.